The van der Waals surface area contributed by atoms with Gasteiger partial charge in [-0.2, -0.15) is 0 Å². The van der Waals surface area contributed by atoms with Gasteiger partial charge in [-0.15, -0.1) is 0 Å². The van der Waals surface area contributed by atoms with E-state index in [0.717, 1.165) is 0 Å². The normalized spacial score (nSPS) is 9.73. The van der Waals surface area contributed by atoms with Crippen molar-refractivity contribution in [3.63, 3.8) is 0 Å². The van der Waals surface area contributed by atoms with Crippen LogP contribution in [0.4, 0.5) is 5.69 Å². The number of halogens is 1. The van der Waals surface area contributed by atoms with E-state index in [1.165, 1.54) is 0 Å². The molecule has 0 unspecified atom stereocenters. The number of carbonyl (C=O) groups is 1. The van der Waals surface area contributed by atoms with Crippen LogP contribution in [-0.4, -0.2) is 17.4 Å². The largest absolute Gasteiger partial charge is 0.320 e. The summed E-state index contributed by atoms with van der Waals surface area (Å²) in [5, 5.41) is 13.0. The SMILES string of the molecule is Cc1c(Cl)cccc1NC(=O)C[N+](=O)[O-]. The molecule has 0 aromatic heterocycles. The minimum atomic E-state index is -0.744. The van der Waals surface area contributed by atoms with Gasteiger partial charge in [0.05, 0.1) is 0 Å². The van der Waals surface area contributed by atoms with E-state index in [-0.39, 0.29) is 0 Å². The molecule has 1 rings (SSSR count). The standard InChI is InChI=1S/C9H9ClN2O3/c1-6-7(10)3-2-4-8(6)11-9(13)5-12(14)15/h2-4H,5H2,1H3,(H,11,13). The molecule has 0 fully saturated rings. The average molecular weight is 229 g/mol. The highest BCUT2D eigenvalue weighted by Crippen LogP contribution is 2.22. The van der Waals surface area contributed by atoms with Crippen molar-refractivity contribution in [1.82, 2.24) is 0 Å². The van der Waals surface area contributed by atoms with E-state index < -0.39 is 17.4 Å². The number of nitro groups is 1. The molecule has 1 amide bonds. The first kappa shape index (κ1) is 11.5. The second kappa shape index (κ2) is 4.75. The zero-order chi connectivity index (χ0) is 11.4. The van der Waals surface area contributed by atoms with Gasteiger partial charge < -0.3 is 5.32 Å². The highest BCUT2D eigenvalue weighted by atomic mass is 35.5. The number of hydrogen-bond donors (Lipinski definition) is 1. The van der Waals surface area contributed by atoms with Crippen molar-refractivity contribution in [1.29, 1.82) is 0 Å². The number of anilines is 1. The Hall–Kier alpha value is -1.62. The Morgan fingerprint density at radius 1 is 1.60 bits per heavy atom. The third-order valence-corrected chi connectivity index (χ3v) is 2.22. The van der Waals surface area contributed by atoms with Crippen molar-refractivity contribution in [3.05, 3.63) is 38.9 Å². The Balaban J connectivity index is 2.77. The Morgan fingerprint density at radius 2 is 2.27 bits per heavy atom. The number of nitrogens with one attached hydrogen (secondary N) is 1. The lowest BCUT2D eigenvalue weighted by atomic mass is 10.2. The highest BCUT2D eigenvalue weighted by molar-refractivity contribution is 6.31. The lowest BCUT2D eigenvalue weighted by Gasteiger charge is -2.07. The van der Waals surface area contributed by atoms with E-state index in [9.17, 15) is 14.9 Å². The van der Waals surface area contributed by atoms with Crippen LogP contribution >= 0.6 is 11.6 Å². The monoisotopic (exact) mass is 228 g/mol. The molecule has 0 bridgehead atoms. The van der Waals surface area contributed by atoms with Gasteiger partial charge in [0.15, 0.2) is 0 Å². The zero-order valence-corrected chi connectivity index (χ0v) is 8.75. The van der Waals surface area contributed by atoms with Crippen LogP contribution in [0.2, 0.25) is 5.02 Å². The number of nitrogens with zero attached hydrogens (tertiary/aromatic N) is 1. The van der Waals surface area contributed by atoms with Crippen LogP contribution in [0.1, 0.15) is 5.56 Å². The Labute approximate surface area is 91.2 Å². The first-order chi connectivity index (χ1) is 7.00. The van der Waals surface area contributed by atoms with Crippen LogP contribution < -0.4 is 5.32 Å². The third kappa shape index (κ3) is 3.21. The summed E-state index contributed by atoms with van der Waals surface area (Å²) in [6.07, 6.45) is 0. The smallest absolute Gasteiger partial charge is 0.296 e. The van der Waals surface area contributed by atoms with Gasteiger partial charge in [-0.1, -0.05) is 17.7 Å². The Morgan fingerprint density at radius 3 is 2.87 bits per heavy atom. The summed E-state index contributed by atoms with van der Waals surface area (Å²) in [7, 11) is 0. The maximum Gasteiger partial charge on any atom is 0.296 e. The van der Waals surface area contributed by atoms with E-state index in [1.54, 1.807) is 25.1 Å². The van der Waals surface area contributed by atoms with Crippen LogP contribution in [0, 0.1) is 17.0 Å². The predicted molar refractivity (Wildman–Crippen MR) is 56.7 cm³/mol. The fraction of sp³-hybridized carbons (Fsp3) is 0.222. The first-order valence-electron chi connectivity index (χ1n) is 4.17. The summed E-state index contributed by atoms with van der Waals surface area (Å²) < 4.78 is 0. The van der Waals surface area contributed by atoms with Crippen LogP contribution in [0.15, 0.2) is 18.2 Å². The van der Waals surface area contributed by atoms with E-state index in [1.807, 2.05) is 0 Å². The fourth-order valence-electron chi connectivity index (χ4n) is 1.05. The molecule has 1 aromatic rings. The summed E-state index contributed by atoms with van der Waals surface area (Å²) in [5.41, 5.74) is 1.19. The van der Waals surface area contributed by atoms with Crippen molar-refractivity contribution in [2.24, 2.45) is 0 Å². The fourth-order valence-corrected chi connectivity index (χ4v) is 1.22. The van der Waals surface area contributed by atoms with Gasteiger partial charge in [0.25, 0.3) is 12.5 Å². The maximum absolute atomic E-state index is 11.1. The molecule has 6 heteroatoms. The number of hydrogen-bond acceptors (Lipinski definition) is 3. The van der Waals surface area contributed by atoms with Crippen LogP contribution in [0.25, 0.3) is 0 Å². The van der Waals surface area contributed by atoms with E-state index in [2.05, 4.69) is 5.32 Å². The molecule has 0 heterocycles. The van der Waals surface area contributed by atoms with E-state index in [0.29, 0.717) is 16.3 Å². The molecule has 0 aliphatic rings. The van der Waals surface area contributed by atoms with Gasteiger partial charge in [0.1, 0.15) is 0 Å². The summed E-state index contributed by atoms with van der Waals surface area (Å²) in [6, 6.07) is 4.98. The average Bonchev–Trinajstić information content (AvgIpc) is 2.11. The van der Waals surface area contributed by atoms with E-state index >= 15 is 0 Å². The third-order valence-electron chi connectivity index (χ3n) is 1.81. The van der Waals surface area contributed by atoms with Crippen LogP contribution in [0.5, 0.6) is 0 Å². The summed E-state index contributed by atoms with van der Waals surface area (Å²) >= 11 is 5.82. The predicted octanol–water partition coefficient (Wildman–Crippen LogP) is 1.86. The van der Waals surface area contributed by atoms with E-state index in [4.69, 9.17) is 11.6 Å². The van der Waals surface area contributed by atoms with Crippen molar-refractivity contribution >= 4 is 23.2 Å². The van der Waals surface area contributed by atoms with Gasteiger partial charge in [0, 0.05) is 15.6 Å². The van der Waals surface area contributed by atoms with Gasteiger partial charge in [-0.3, -0.25) is 14.9 Å². The molecule has 0 saturated heterocycles. The van der Waals surface area contributed by atoms with Gasteiger partial charge in [0.2, 0.25) is 0 Å². The summed E-state index contributed by atoms with van der Waals surface area (Å²) in [6.45, 7) is 0.982. The molecule has 0 aliphatic carbocycles. The molecule has 80 valence electrons. The van der Waals surface area contributed by atoms with Gasteiger partial charge in [-0.25, -0.2) is 0 Å². The molecular formula is C9H9ClN2O3. The Bertz CT molecular complexity index is 406. The van der Waals surface area contributed by atoms with Crippen LogP contribution in [-0.2, 0) is 4.79 Å². The maximum atomic E-state index is 11.1. The molecule has 0 spiro atoms. The minimum Gasteiger partial charge on any atom is -0.320 e. The molecule has 0 aliphatic heterocycles. The van der Waals surface area contributed by atoms with Gasteiger partial charge in [-0.05, 0) is 24.6 Å². The van der Waals surface area contributed by atoms with Crippen molar-refractivity contribution in [2.45, 2.75) is 6.92 Å². The number of rotatable bonds is 3. The quantitative estimate of drug-likeness (QED) is 0.634. The first-order valence-corrected chi connectivity index (χ1v) is 4.55. The lowest BCUT2D eigenvalue weighted by Crippen LogP contribution is -2.22. The number of amides is 1. The minimum absolute atomic E-state index is 0.495. The van der Waals surface area contributed by atoms with Crippen molar-refractivity contribution in [2.75, 3.05) is 11.9 Å². The molecule has 0 atom stereocenters. The molecule has 0 saturated carbocycles. The molecular weight excluding hydrogens is 220 g/mol. The van der Waals surface area contributed by atoms with Crippen molar-refractivity contribution < 1.29 is 9.72 Å². The molecule has 15 heavy (non-hydrogen) atoms. The van der Waals surface area contributed by atoms with Gasteiger partial charge >= 0.3 is 0 Å². The second-order valence-electron chi connectivity index (χ2n) is 2.95. The molecule has 5 nitrogen and oxygen atoms in total. The van der Waals surface area contributed by atoms with Crippen LogP contribution in [0.3, 0.4) is 0 Å². The topological polar surface area (TPSA) is 72.2 Å². The molecule has 0 radical (unpaired) electrons. The number of carbonyl (C=O) groups excluding carboxylic acids is 1. The summed E-state index contributed by atoms with van der Waals surface area (Å²) in [4.78, 5) is 20.5. The number of benzene rings is 1. The highest BCUT2D eigenvalue weighted by Gasteiger charge is 2.11. The zero-order valence-electron chi connectivity index (χ0n) is 7.99. The molecule has 1 N–H and O–H groups in total. The Kier molecular flexibility index (Phi) is 3.62. The molecule has 1 aromatic carbocycles. The lowest BCUT2D eigenvalue weighted by molar-refractivity contribution is -0.467. The summed E-state index contributed by atoms with van der Waals surface area (Å²) in [5.74, 6) is -0.662. The van der Waals surface area contributed by atoms with Crippen molar-refractivity contribution in [3.8, 4) is 0 Å². The second-order valence-corrected chi connectivity index (χ2v) is 3.36.